The number of rotatable bonds is 8. The van der Waals surface area contributed by atoms with Gasteiger partial charge in [-0.15, -0.1) is 10.2 Å². The smallest absolute Gasteiger partial charge is 0.416 e. The van der Waals surface area contributed by atoms with Crippen molar-refractivity contribution in [3.63, 3.8) is 0 Å². The highest BCUT2D eigenvalue weighted by Gasteiger charge is 2.30. The van der Waals surface area contributed by atoms with E-state index < -0.39 is 11.7 Å². The topological polar surface area (TPSA) is 59.9 Å². The van der Waals surface area contributed by atoms with Gasteiger partial charge in [-0.2, -0.15) is 18.2 Å². The molecule has 0 unspecified atom stereocenters. The van der Waals surface area contributed by atoms with E-state index in [1.54, 1.807) is 24.3 Å². The van der Waals surface area contributed by atoms with Gasteiger partial charge in [0, 0.05) is 17.1 Å². The van der Waals surface area contributed by atoms with Crippen molar-refractivity contribution in [2.45, 2.75) is 32.5 Å². The molecule has 0 atom stereocenters. The molecule has 1 heterocycles. The summed E-state index contributed by atoms with van der Waals surface area (Å²) in [6.07, 6.45) is -2.43. The van der Waals surface area contributed by atoms with E-state index in [0.29, 0.717) is 23.0 Å². The number of unbranched alkanes of at least 4 members (excludes halogenated alkanes) is 1. The quantitative estimate of drug-likeness (QED) is 0.446. The largest absolute Gasteiger partial charge is 0.437 e. The first-order valence-electron chi connectivity index (χ1n) is 9.42. The molecular weight excluding hydrogens is 417 g/mol. The number of halogens is 4. The number of nitrogens with zero attached hydrogens (tertiary/aromatic N) is 3. The number of hydrogen-bond acceptors (Lipinski definition) is 5. The highest BCUT2D eigenvalue weighted by molar-refractivity contribution is 6.30. The van der Waals surface area contributed by atoms with Crippen molar-refractivity contribution in [3.8, 4) is 23.0 Å². The van der Waals surface area contributed by atoms with E-state index in [1.807, 2.05) is 0 Å². The predicted molar refractivity (Wildman–Crippen MR) is 108 cm³/mol. The van der Waals surface area contributed by atoms with Gasteiger partial charge in [-0.1, -0.05) is 37.1 Å². The van der Waals surface area contributed by atoms with Gasteiger partial charge in [-0.25, -0.2) is 0 Å². The molecule has 0 amide bonds. The molecule has 2 aromatic carbocycles. The highest BCUT2D eigenvalue weighted by Crippen LogP contribution is 2.32. The van der Waals surface area contributed by atoms with Crippen LogP contribution in [0.3, 0.4) is 0 Å². The van der Waals surface area contributed by atoms with Crippen LogP contribution < -0.4 is 10.1 Å². The number of ether oxygens (including phenoxy) is 1. The zero-order valence-corrected chi connectivity index (χ0v) is 17.0. The fourth-order valence-corrected chi connectivity index (χ4v) is 2.73. The molecule has 0 saturated heterocycles. The van der Waals surface area contributed by atoms with Crippen LogP contribution in [0, 0.1) is 0 Å². The molecule has 0 bridgehead atoms. The van der Waals surface area contributed by atoms with Gasteiger partial charge in [0.25, 0.3) is 0 Å². The average molecular weight is 437 g/mol. The molecule has 3 rings (SSSR count). The summed E-state index contributed by atoms with van der Waals surface area (Å²) in [4.78, 5) is 4.35. The fraction of sp³-hybridized carbons (Fsp3) is 0.286. The van der Waals surface area contributed by atoms with Gasteiger partial charge < -0.3 is 10.1 Å². The first kappa shape index (κ1) is 22.0. The Morgan fingerprint density at radius 1 is 1.07 bits per heavy atom. The van der Waals surface area contributed by atoms with Crippen molar-refractivity contribution in [3.05, 3.63) is 64.8 Å². The molecule has 3 aromatic rings. The Bertz CT molecular complexity index is 981. The van der Waals surface area contributed by atoms with Gasteiger partial charge in [0.2, 0.25) is 5.88 Å². The van der Waals surface area contributed by atoms with E-state index in [0.717, 1.165) is 31.5 Å². The first-order valence-corrected chi connectivity index (χ1v) is 9.80. The number of alkyl halides is 3. The third-order valence-electron chi connectivity index (χ3n) is 4.20. The monoisotopic (exact) mass is 436 g/mol. The molecule has 0 aliphatic carbocycles. The lowest BCUT2D eigenvalue weighted by atomic mass is 10.1. The second-order valence-electron chi connectivity index (χ2n) is 6.55. The molecule has 1 N–H and O–H groups in total. The number of aromatic nitrogens is 3. The maximum Gasteiger partial charge on any atom is 0.416 e. The lowest BCUT2D eigenvalue weighted by Crippen LogP contribution is -2.17. The molecule has 0 spiro atoms. The Hall–Kier alpha value is -2.71. The molecular formula is C21H20ClF3N4O. The molecule has 0 aliphatic heterocycles. The van der Waals surface area contributed by atoms with Gasteiger partial charge in [-0.3, -0.25) is 0 Å². The lowest BCUT2D eigenvalue weighted by molar-refractivity contribution is -0.137. The van der Waals surface area contributed by atoms with E-state index >= 15 is 0 Å². The van der Waals surface area contributed by atoms with Crippen molar-refractivity contribution < 1.29 is 17.9 Å². The Balaban J connectivity index is 1.93. The zero-order chi connectivity index (χ0) is 21.6. The summed E-state index contributed by atoms with van der Waals surface area (Å²) in [5, 5.41) is 12.0. The first-order chi connectivity index (χ1) is 14.4. The summed E-state index contributed by atoms with van der Waals surface area (Å²) in [5.41, 5.74) is -0.130. The number of benzene rings is 2. The van der Waals surface area contributed by atoms with Crippen LogP contribution in [0.4, 0.5) is 13.2 Å². The van der Waals surface area contributed by atoms with Gasteiger partial charge in [-0.05, 0) is 49.4 Å². The summed E-state index contributed by atoms with van der Waals surface area (Å²) in [7, 11) is 0. The van der Waals surface area contributed by atoms with E-state index in [1.165, 1.54) is 12.1 Å². The van der Waals surface area contributed by atoms with Crippen LogP contribution in [0.1, 0.15) is 31.0 Å². The van der Waals surface area contributed by atoms with Gasteiger partial charge in [0.15, 0.2) is 5.82 Å². The van der Waals surface area contributed by atoms with E-state index in [-0.39, 0.29) is 17.3 Å². The minimum atomic E-state index is -4.46. The Labute approximate surface area is 177 Å². The van der Waals surface area contributed by atoms with Crippen molar-refractivity contribution in [2.24, 2.45) is 0 Å². The molecule has 0 saturated carbocycles. The molecule has 0 radical (unpaired) electrons. The maximum atomic E-state index is 13.0. The van der Waals surface area contributed by atoms with Crippen LogP contribution in [-0.4, -0.2) is 21.7 Å². The minimum absolute atomic E-state index is 0.0439. The summed E-state index contributed by atoms with van der Waals surface area (Å²) in [5.74, 6) is 0.691. The van der Waals surface area contributed by atoms with Crippen LogP contribution in [0.5, 0.6) is 11.6 Å². The predicted octanol–water partition coefficient (Wildman–Crippen LogP) is 5.89. The standard InChI is InChI=1S/C21H20ClF3N4O/c1-2-3-11-26-13-18-20(30-17-9-7-16(22)8-10-17)27-19(29-28-18)14-5-4-6-15(12-14)21(23,24)25/h4-10,12,26H,2-3,11,13H2,1H3. The van der Waals surface area contributed by atoms with Crippen LogP contribution in [-0.2, 0) is 12.7 Å². The summed E-state index contributed by atoms with van der Waals surface area (Å²) in [6.45, 7) is 3.24. The molecule has 5 nitrogen and oxygen atoms in total. The normalized spacial score (nSPS) is 11.5. The molecule has 1 aromatic heterocycles. The Morgan fingerprint density at radius 2 is 1.83 bits per heavy atom. The highest BCUT2D eigenvalue weighted by atomic mass is 35.5. The van der Waals surface area contributed by atoms with Crippen molar-refractivity contribution in [1.29, 1.82) is 0 Å². The van der Waals surface area contributed by atoms with Gasteiger partial charge in [0.05, 0.1) is 5.56 Å². The Morgan fingerprint density at radius 3 is 2.53 bits per heavy atom. The molecule has 0 fully saturated rings. The second kappa shape index (κ2) is 9.86. The van der Waals surface area contributed by atoms with Crippen LogP contribution in [0.25, 0.3) is 11.4 Å². The van der Waals surface area contributed by atoms with Crippen LogP contribution in [0.15, 0.2) is 48.5 Å². The molecule has 0 aliphatic rings. The van der Waals surface area contributed by atoms with E-state index in [9.17, 15) is 13.2 Å². The van der Waals surface area contributed by atoms with Crippen molar-refractivity contribution >= 4 is 11.6 Å². The third kappa shape index (κ3) is 5.90. The summed E-state index contributed by atoms with van der Waals surface area (Å²) in [6, 6.07) is 11.5. The third-order valence-corrected chi connectivity index (χ3v) is 4.45. The second-order valence-corrected chi connectivity index (χ2v) is 6.99. The van der Waals surface area contributed by atoms with Gasteiger partial charge in [0.1, 0.15) is 11.4 Å². The van der Waals surface area contributed by atoms with Crippen molar-refractivity contribution in [1.82, 2.24) is 20.5 Å². The van der Waals surface area contributed by atoms with E-state index in [4.69, 9.17) is 16.3 Å². The lowest BCUT2D eigenvalue weighted by Gasteiger charge is -2.12. The minimum Gasteiger partial charge on any atom is -0.437 e. The number of nitrogens with one attached hydrogen (secondary N) is 1. The number of hydrogen-bond donors (Lipinski definition) is 1. The fourth-order valence-electron chi connectivity index (χ4n) is 2.61. The molecule has 158 valence electrons. The molecule has 9 heteroatoms. The maximum absolute atomic E-state index is 13.0. The van der Waals surface area contributed by atoms with Gasteiger partial charge >= 0.3 is 6.18 Å². The van der Waals surface area contributed by atoms with Crippen LogP contribution >= 0.6 is 11.6 Å². The Kier molecular flexibility index (Phi) is 7.23. The summed E-state index contributed by atoms with van der Waals surface area (Å²) >= 11 is 5.91. The molecule has 30 heavy (non-hydrogen) atoms. The SMILES string of the molecule is CCCCNCc1nnc(-c2cccc(C(F)(F)F)c2)nc1Oc1ccc(Cl)cc1. The van der Waals surface area contributed by atoms with Crippen LogP contribution in [0.2, 0.25) is 5.02 Å². The zero-order valence-electron chi connectivity index (χ0n) is 16.2. The summed E-state index contributed by atoms with van der Waals surface area (Å²) < 4.78 is 45.0. The average Bonchev–Trinajstić information content (AvgIpc) is 2.73. The van der Waals surface area contributed by atoms with E-state index in [2.05, 4.69) is 27.4 Å². The van der Waals surface area contributed by atoms with Crippen molar-refractivity contribution in [2.75, 3.05) is 6.54 Å².